The molecule has 9 rings (SSSR count). The van der Waals surface area contributed by atoms with Gasteiger partial charge in [-0.2, -0.15) is 4.98 Å². The van der Waals surface area contributed by atoms with E-state index < -0.39 is 22.0 Å². The van der Waals surface area contributed by atoms with Crippen LogP contribution in [-0.4, -0.2) is 87.7 Å². The third-order valence-corrected chi connectivity index (χ3v) is 15.8. The molecular weight excluding hydrogens is 835 g/mol. The topological polar surface area (TPSA) is 192 Å². The van der Waals surface area contributed by atoms with Crippen molar-refractivity contribution in [3.05, 3.63) is 86.7 Å². The van der Waals surface area contributed by atoms with Crippen LogP contribution in [0.15, 0.2) is 69.2 Å². The molecule has 5 heterocycles. The lowest BCUT2D eigenvalue weighted by atomic mass is 9.67. The molecule has 2 aliphatic heterocycles. The Morgan fingerprint density at radius 1 is 0.891 bits per heavy atom. The number of likely N-dealkylation sites (tertiary alicyclic amines) is 1. The van der Waals surface area contributed by atoms with E-state index in [-0.39, 0.29) is 47.2 Å². The Kier molecular flexibility index (Phi) is 12.6. The van der Waals surface area contributed by atoms with E-state index in [4.69, 9.17) is 9.72 Å². The zero-order valence-electron chi connectivity index (χ0n) is 36.8. The monoisotopic (exact) mass is 893 g/mol. The van der Waals surface area contributed by atoms with Gasteiger partial charge in [-0.15, -0.1) is 0 Å². The van der Waals surface area contributed by atoms with Gasteiger partial charge in [-0.3, -0.25) is 33.4 Å². The number of sulfonamides is 1. The molecule has 64 heavy (non-hydrogen) atoms. The summed E-state index contributed by atoms with van der Waals surface area (Å²) in [5, 5.41) is 6.39. The zero-order chi connectivity index (χ0) is 44.6. The molecule has 2 amide bonds. The van der Waals surface area contributed by atoms with Crippen molar-refractivity contribution in [3.8, 4) is 0 Å². The molecule has 2 saturated carbocycles. The van der Waals surface area contributed by atoms with Gasteiger partial charge in [0.1, 0.15) is 11.7 Å². The third kappa shape index (κ3) is 9.17. The number of hydrogen-bond donors (Lipinski definition) is 3. The number of benzene rings is 2. The molecule has 340 valence electrons. The first-order valence-corrected chi connectivity index (χ1v) is 24.5. The second-order valence-corrected chi connectivity index (χ2v) is 20.2. The number of aryl methyl sites for hydroxylation is 3. The van der Waals surface area contributed by atoms with Crippen molar-refractivity contribution in [2.24, 2.45) is 12.5 Å². The van der Waals surface area contributed by atoms with Gasteiger partial charge >= 0.3 is 5.69 Å². The predicted octanol–water partition coefficient (Wildman–Crippen LogP) is 5.54. The number of ether oxygens (including phenoxy) is 1. The summed E-state index contributed by atoms with van der Waals surface area (Å²) in [6.07, 6.45) is 14.9. The summed E-state index contributed by atoms with van der Waals surface area (Å²) in [7, 11) is -2.03. The van der Waals surface area contributed by atoms with Gasteiger partial charge in [0.25, 0.3) is 5.56 Å². The van der Waals surface area contributed by atoms with Gasteiger partial charge in [0.2, 0.25) is 27.8 Å². The van der Waals surface area contributed by atoms with Crippen molar-refractivity contribution in [2.75, 3.05) is 38.1 Å². The minimum atomic E-state index is -3.76. The maximum Gasteiger partial charge on any atom is 0.329 e. The Balaban J connectivity index is 0.696. The number of nitrogens with one attached hydrogen (secondary N) is 3. The van der Waals surface area contributed by atoms with Gasteiger partial charge in [-0.1, -0.05) is 18.9 Å². The molecule has 1 unspecified atom stereocenters. The van der Waals surface area contributed by atoms with Gasteiger partial charge in [0, 0.05) is 49.4 Å². The van der Waals surface area contributed by atoms with Crippen LogP contribution in [-0.2, 0) is 37.8 Å². The molecule has 3 N–H and O–H groups in total. The van der Waals surface area contributed by atoms with E-state index in [1.807, 2.05) is 19.1 Å². The van der Waals surface area contributed by atoms with E-state index in [0.717, 1.165) is 106 Å². The number of piperidine rings is 2. The average molecular weight is 894 g/mol. The first-order valence-electron chi connectivity index (χ1n) is 23.0. The minimum absolute atomic E-state index is 0.0645. The number of carbonyl (C=O) groups is 2. The Morgan fingerprint density at radius 3 is 2.42 bits per heavy atom. The summed E-state index contributed by atoms with van der Waals surface area (Å²) in [4.78, 5) is 62.1. The van der Waals surface area contributed by atoms with Crippen molar-refractivity contribution in [1.29, 1.82) is 0 Å². The van der Waals surface area contributed by atoms with Crippen LogP contribution < -0.4 is 26.6 Å². The normalized spacial score (nSPS) is 20.1. The largest absolute Gasteiger partial charge is 0.377 e. The van der Waals surface area contributed by atoms with E-state index >= 15 is 0 Å². The summed E-state index contributed by atoms with van der Waals surface area (Å²) < 4.78 is 40.4. The molecule has 2 saturated heterocycles. The summed E-state index contributed by atoms with van der Waals surface area (Å²) in [6, 6.07) is 13.7. The van der Waals surface area contributed by atoms with Crippen molar-refractivity contribution in [1.82, 2.24) is 38.6 Å². The number of pyridine rings is 1. The summed E-state index contributed by atoms with van der Waals surface area (Å²) in [5.41, 5.74) is 4.69. The maximum absolute atomic E-state index is 13.3. The van der Waals surface area contributed by atoms with E-state index in [2.05, 4.69) is 31.3 Å². The SMILES string of the molecule is Cc1cc(S(=O)(=O)NCCOC2CCC3(CC2)CCN(CCCc2ccc4c(c2)n(C)c(=O)n4C2CCC(=O)NC2=O)CC3)ccc1Nc1ncc2ccc(=O)n(C3CCCC3)c2n1. The molecule has 16 nitrogen and oxygen atoms in total. The zero-order valence-corrected chi connectivity index (χ0v) is 37.6. The third-order valence-electron chi connectivity index (χ3n) is 14.4. The lowest BCUT2D eigenvalue weighted by molar-refractivity contribution is -0.135. The average Bonchev–Trinajstić information content (AvgIpc) is 3.90. The van der Waals surface area contributed by atoms with Gasteiger partial charge < -0.3 is 15.0 Å². The van der Waals surface area contributed by atoms with Gasteiger partial charge in [0.15, 0.2) is 0 Å². The van der Waals surface area contributed by atoms with Crippen molar-refractivity contribution in [2.45, 2.75) is 120 Å². The number of carbonyl (C=O) groups excluding carboxylic acids is 2. The fraction of sp³-hybridized carbons (Fsp3) is 0.532. The standard InChI is InChI=1S/C47H59N9O7S/c1-31-28-36(11-12-37(31)50-45-48-30-33-10-16-42(58)55(43(33)52-45)34-7-3-4-8-34)64(61,62)49-23-27-63-35-17-19-47(20-18-35)21-25-54(26-22-47)24-5-6-32-9-13-38-40(29-32)53(2)46(60)56(38)39-14-15-41(57)51-44(39)59/h9-13,16,28-30,34-35,39,49H,3-8,14-15,17-27H2,1-2H3,(H,48,50,52)(H,51,57,59). The van der Waals surface area contributed by atoms with E-state index in [1.165, 1.54) is 17.4 Å². The number of fused-ring (bicyclic) bond motifs is 2. The molecule has 1 atom stereocenters. The Bertz CT molecular complexity index is 2790. The maximum atomic E-state index is 13.3. The van der Waals surface area contributed by atoms with Crippen LogP contribution in [0.5, 0.6) is 0 Å². The Labute approximate surface area is 372 Å². The van der Waals surface area contributed by atoms with Crippen LogP contribution in [0.3, 0.4) is 0 Å². The highest BCUT2D eigenvalue weighted by atomic mass is 32.2. The molecule has 3 aromatic heterocycles. The summed E-state index contributed by atoms with van der Waals surface area (Å²) in [5.74, 6) is -0.381. The molecule has 17 heteroatoms. The number of hydrogen-bond acceptors (Lipinski definition) is 11. The number of anilines is 2. The number of rotatable bonds is 14. The van der Waals surface area contributed by atoms with Crippen LogP contribution in [0.25, 0.3) is 22.1 Å². The summed E-state index contributed by atoms with van der Waals surface area (Å²) in [6.45, 7) is 5.50. The molecule has 1 spiro atoms. The van der Waals surface area contributed by atoms with Gasteiger partial charge in [-0.25, -0.2) is 22.9 Å². The second-order valence-electron chi connectivity index (χ2n) is 18.5. The smallest absolute Gasteiger partial charge is 0.329 e. The number of nitrogens with zero attached hydrogens (tertiary/aromatic N) is 6. The Morgan fingerprint density at radius 2 is 1.67 bits per heavy atom. The highest BCUT2D eigenvalue weighted by Crippen LogP contribution is 2.45. The first kappa shape index (κ1) is 44.0. The van der Waals surface area contributed by atoms with Crippen LogP contribution >= 0.6 is 0 Å². The second kappa shape index (κ2) is 18.3. The van der Waals surface area contributed by atoms with Crippen molar-refractivity contribution in [3.63, 3.8) is 0 Å². The van der Waals surface area contributed by atoms with Crippen LogP contribution in [0, 0.1) is 12.3 Å². The van der Waals surface area contributed by atoms with Gasteiger partial charge in [0.05, 0.1) is 28.6 Å². The lowest BCUT2D eigenvalue weighted by Gasteiger charge is -2.46. The molecule has 0 bridgehead atoms. The number of imide groups is 1. The highest BCUT2D eigenvalue weighted by Gasteiger charge is 2.38. The van der Waals surface area contributed by atoms with Gasteiger partial charge in [-0.05, 0) is 150 Å². The van der Waals surface area contributed by atoms with Crippen molar-refractivity contribution < 1.29 is 22.7 Å². The molecule has 4 fully saturated rings. The number of amides is 2. The van der Waals surface area contributed by atoms with Crippen LogP contribution in [0.2, 0.25) is 0 Å². The highest BCUT2D eigenvalue weighted by molar-refractivity contribution is 7.89. The van der Waals surface area contributed by atoms with Crippen molar-refractivity contribution >= 4 is 55.5 Å². The van der Waals surface area contributed by atoms with E-state index in [1.54, 1.807) is 52.7 Å². The van der Waals surface area contributed by atoms with Crippen LogP contribution in [0.4, 0.5) is 11.6 Å². The van der Waals surface area contributed by atoms with E-state index in [9.17, 15) is 27.6 Å². The molecule has 0 radical (unpaired) electrons. The molecule has 5 aromatic rings. The number of aromatic nitrogens is 5. The number of imidazole rings is 1. The first-order chi connectivity index (χ1) is 30.9. The molecule has 2 aromatic carbocycles. The van der Waals surface area contributed by atoms with Crippen LogP contribution in [0.1, 0.15) is 107 Å². The predicted molar refractivity (Wildman–Crippen MR) is 244 cm³/mol. The Hall–Kier alpha value is -5.23. The molecular formula is C47H59N9O7S. The summed E-state index contributed by atoms with van der Waals surface area (Å²) >= 11 is 0. The fourth-order valence-electron chi connectivity index (χ4n) is 10.6. The lowest BCUT2D eigenvalue weighted by Crippen LogP contribution is -2.44. The fourth-order valence-corrected chi connectivity index (χ4v) is 11.7. The van der Waals surface area contributed by atoms with E-state index in [0.29, 0.717) is 41.2 Å². The minimum Gasteiger partial charge on any atom is -0.377 e. The molecule has 2 aliphatic carbocycles. The quantitative estimate of drug-likeness (QED) is 0.0937. The molecule has 4 aliphatic rings.